The Morgan fingerprint density at radius 2 is 2.16 bits per heavy atom. The first kappa shape index (κ1) is 13.5. The van der Waals surface area contributed by atoms with Crippen LogP contribution in [0.1, 0.15) is 10.6 Å². The number of ether oxygens (including phenoxy) is 1. The maximum absolute atomic E-state index is 11.8. The molecule has 0 saturated heterocycles. The number of rotatable bonds is 3. The van der Waals surface area contributed by atoms with Crippen LogP contribution in [0.5, 0.6) is 0 Å². The second-order valence-corrected chi connectivity index (χ2v) is 4.00. The van der Waals surface area contributed by atoms with Crippen molar-refractivity contribution in [2.45, 2.75) is 18.3 Å². The molecule has 7 heteroatoms. The van der Waals surface area contributed by atoms with Crippen LogP contribution >= 0.6 is 0 Å². The summed E-state index contributed by atoms with van der Waals surface area (Å²) in [5.74, 6) is -1.82. The van der Waals surface area contributed by atoms with E-state index in [4.69, 9.17) is 14.3 Å². The number of ketones is 1. The van der Waals surface area contributed by atoms with Crippen molar-refractivity contribution in [1.29, 1.82) is 0 Å². The van der Waals surface area contributed by atoms with E-state index in [2.05, 4.69) is 0 Å². The molecule has 1 aromatic rings. The molecule has 1 aliphatic carbocycles. The van der Waals surface area contributed by atoms with Gasteiger partial charge in [0, 0.05) is 5.57 Å². The van der Waals surface area contributed by atoms with E-state index in [-0.39, 0.29) is 11.3 Å². The van der Waals surface area contributed by atoms with E-state index in [9.17, 15) is 19.8 Å². The Hall–Kier alpha value is -1.96. The lowest BCUT2D eigenvalue weighted by Gasteiger charge is -2.28. The van der Waals surface area contributed by atoms with Gasteiger partial charge in [-0.2, -0.15) is 0 Å². The molecule has 0 fully saturated rings. The maximum atomic E-state index is 11.8. The largest absolute Gasteiger partial charge is 0.457 e. The number of Topliss-reactive ketones (excluding diaryl/α,β-unsaturated/α-hetero) is 1. The Balaban J connectivity index is 2.17. The Morgan fingerprint density at radius 1 is 1.42 bits per heavy atom. The fourth-order valence-corrected chi connectivity index (χ4v) is 1.73. The van der Waals surface area contributed by atoms with Gasteiger partial charge in [0.2, 0.25) is 11.5 Å². The molecular weight excluding hydrogens is 256 g/mol. The summed E-state index contributed by atoms with van der Waals surface area (Å²) in [4.78, 5) is 23.4. The van der Waals surface area contributed by atoms with Crippen molar-refractivity contribution in [3.05, 3.63) is 35.8 Å². The second kappa shape index (κ2) is 5.35. The van der Waals surface area contributed by atoms with Crippen molar-refractivity contribution in [1.82, 2.24) is 0 Å². The van der Waals surface area contributed by atoms with Gasteiger partial charge >= 0.3 is 5.97 Å². The zero-order chi connectivity index (χ0) is 14.0. The van der Waals surface area contributed by atoms with E-state index in [1.54, 1.807) is 0 Å². The van der Waals surface area contributed by atoms with Gasteiger partial charge < -0.3 is 24.5 Å². The lowest BCUT2D eigenvalue weighted by Crippen LogP contribution is -2.49. The van der Waals surface area contributed by atoms with E-state index < -0.39 is 36.7 Å². The number of carbonyl (C=O) groups excluding carboxylic acids is 2. The Morgan fingerprint density at radius 3 is 2.74 bits per heavy atom. The van der Waals surface area contributed by atoms with Gasteiger partial charge in [0.1, 0.15) is 12.2 Å². The average Bonchev–Trinajstić information content (AvgIpc) is 2.92. The lowest BCUT2D eigenvalue weighted by atomic mass is 9.91. The molecule has 19 heavy (non-hydrogen) atoms. The molecule has 1 heterocycles. The average molecular weight is 268 g/mol. The predicted octanol–water partition coefficient (Wildman–Crippen LogP) is -0.972. The van der Waals surface area contributed by atoms with Gasteiger partial charge in [0.05, 0.1) is 12.9 Å². The molecule has 7 nitrogen and oxygen atoms in total. The zero-order valence-electron chi connectivity index (χ0n) is 9.72. The number of hydrogen-bond donors (Lipinski definition) is 3. The third kappa shape index (κ3) is 2.58. The number of esters is 1. The fraction of sp³-hybridized carbons (Fsp3) is 0.333. The fourth-order valence-electron chi connectivity index (χ4n) is 1.73. The summed E-state index contributed by atoms with van der Waals surface area (Å²) in [6.45, 7) is -0.614. The monoisotopic (exact) mass is 268 g/mol. The summed E-state index contributed by atoms with van der Waals surface area (Å²) >= 11 is 0. The standard InChI is InChI=1S/C12H12O7/c13-5-6-4-7(14)10(16)11(9(6)15)19-12(17)8-2-1-3-18-8/h1-4,7,10-11,13-14,16H,5H2. The van der Waals surface area contributed by atoms with Crippen LogP contribution < -0.4 is 0 Å². The quantitative estimate of drug-likeness (QED) is 0.603. The molecule has 1 aromatic heterocycles. The van der Waals surface area contributed by atoms with Gasteiger partial charge in [-0.05, 0) is 18.2 Å². The molecule has 0 bridgehead atoms. The summed E-state index contributed by atoms with van der Waals surface area (Å²) in [5, 5.41) is 28.1. The summed E-state index contributed by atoms with van der Waals surface area (Å²) in [5.41, 5.74) is -0.116. The normalized spacial score (nSPS) is 27.0. The zero-order valence-corrected chi connectivity index (χ0v) is 9.72. The van der Waals surface area contributed by atoms with E-state index in [1.165, 1.54) is 18.4 Å². The van der Waals surface area contributed by atoms with Crippen molar-refractivity contribution < 1.29 is 34.1 Å². The second-order valence-electron chi connectivity index (χ2n) is 4.00. The summed E-state index contributed by atoms with van der Waals surface area (Å²) < 4.78 is 9.61. The van der Waals surface area contributed by atoms with Crippen LogP contribution in [0.25, 0.3) is 0 Å². The molecule has 3 N–H and O–H groups in total. The molecule has 102 valence electrons. The highest BCUT2D eigenvalue weighted by atomic mass is 16.6. The molecule has 0 radical (unpaired) electrons. The van der Waals surface area contributed by atoms with Crippen LogP contribution in [0.4, 0.5) is 0 Å². The number of aliphatic hydroxyl groups excluding tert-OH is 3. The molecular formula is C12H12O7. The molecule has 3 atom stereocenters. The van der Waals surface area contributed by atoms with Gasteiger partial charge in [-0.1, -0.05) is 0 Å². The highest BCUT2D eigenvalue weighted by molar-refractivity contribution is 6.02. The topological polar surface area (TPSA) is 117 Å². The van der Waals surface area contributed by atoms with Crippen molar-refractivity contribution in [2.75, 3.05) is 6.61 Å². The van der Waals surface area contributed by atoms with E-state index in [1.807, 2.05) is 0 Å². The van der Waals surface area contributed by atoms with E-state index >= 15 is 0 Å². The molecule has 0 saturated carbocycles. The number of aliphatic hydroxyl groups is 3. The molecule has 0 aromatic carbocycles. The van der Waals surface area contributed by atoms with Crippen LogP contribution in [-0.4, -0.2) is 52.0 Å². The van der Waals surface area contributed by atoms with Crippen LogP contribution in [-0.2, 0) is 9.53 Å². The molecule has 1 aliphatic rings. The predicted molar refractivity (Wildman–Crippen MR) is 60.1 cm³/mol. The van der Waals surface area contributed by atoms with E-state index in [0.717, 1.165) is 6.08 Å². The number of carbonyl (C=O) groups is 2. The molecule has 0 spiro atoms. The van der Waals surface area contributed by atoms with Crippen molar-refractivity contribution >= 4 is 11.8 Å². The first-order valence-corrected chi connectivity index (χ1v) is 5.51. The minimum Gasteiger partial charge on any atom is -0.457 e. The van der Waals surface area contributed by atoms with Gasteiger partial charge in [-0.3, -0.25) is 4.79 Å². The van der Waals surface area contributed by atoms with Crippen LogP contribution in [0.15, 0.2) is 34.5 Å². The summed E-state index contributed by atoms with van der Waals surface area (Å²) in [7, 11) is 0. The smallest absolute Gasteiger partial charge is 0.375 e. The first-order valence-electron chi connectivity index (χ1n) is 5.51. The van der Waals surface area contributed by atoms with E-state index in [0.29, 0.717) is 0 Å². The molecule has 0 aliphatic heterocycles. The third-order valence-electron chi connectivity index (χ3n) is 2.73. The maximum Gasteiger partial charge on any atom is 0.375 e. The lowest BCUT2D eigenvalue weighted by molar-refractivity contribution is -0.136. The minimum absolute atomic E-state index is 0.116. The Labute approximate surface area is 107 Å². The first-order chi connectivity index (χ1) is 9.04. The van der Waals surface area contributed by atoms with Crippen LogP contribution in [0, 0.1) is 0 Å². The summed E-state index contributed by atoms with van der Waals surface area (Å²) in [6, 6.07) is 2.80. The number of hydrogen-bond acceptors (Lipinski definition) is 7. The SMILES string of the molecule is O=C(OC1C(=O)C(CO)=CC(O)C1O)c1ccco1. The summed E-state index contributed by atoms with van der Waals surface area (Å²) in [6.07, 6.45) is -2.26. The Bertz CT molecular complexity index is 502. The molecule has 2 rings (SSSR count). The highest BCUT2D eigenvalue weighted by Crippen LogP contribution is 2.20. The minimum atomic E-state index is -1.58. The third-order valence-corrected chi connectivity index (χ3v) is 2.73. The van der Waals surface area contributed by atoms with Crippen molar-refractivity contribution in [2.24, 2.45) is 0 Å². The van der Waals surface area contributed by atoms with Gasteiger partial charge in [-0.25, -0.2) is 4.79 Å². The van der Waals surface area contributed by atoms with Crippen molar-refractivity contribution in [3.63, 3.8) is 0 Å². The van der Waals surface area contributed by atoms with Gasteiger partial charge in [-0.15, -0.1) is 0 Å². The van der Waals surface area contributed by atoms with Gasteiger partial charge in [0.15, 0.2) is 6.10 Å². The highest BCUT2D eigenvalue weighted by Gasteiger charge is 2.40. The molecule has 0 amide bonds. The Kier molecular flexibility index (Phi) is 3.79. The van der Waals surface area contributed by atoms with Gasteiger partial charge in [0.25, 0.3) is 0 Å². The van der Waals surface area contributed by atoms with Crippen molar-refractivity contribution in [3.8, 4) is 0 Å². The van der Waals surface area contributed by atoms with Crippen LogP contribution in [0.2, 0.25) is 0 Å². The number of furan rings is 1. The van der Waals surface area contributed by atoms with Crippen LogP contribution in [0.3, 0.4) is 0 Å². The molecule has 3 unspecified atom stereocenters.